The number of aromatic nitrogens is 4. The Balaban J connectivity index is 1.36. The van der Waals surface area contributed by atoms with Crippen LogP contribution in [-0.4, -0.2) is 43.5 Å². The summed E-state index contributed by atoms with van der Waals surface area (Å²) in [6.07, 6.45) is 0.825. The molecule has 0 saturated carbocycles. The van der Waals surface area contributed by atoms with Crippen molar-refractivity contribution in [3.05, 3.63) is 40.9 Å². The molecule has 4 aromatic heterocycles. The molecule has 4 rings (SSSR count). The second-order valence-electron chi connectivity index (χ2n) is 5.93. The van der Waals surface area contributed by atoms with E-state index in [0.29, 0.717) is 29.4 Å². The summed E-state index contributed by atoms with van der Waals surface area (Å²) in [5, 5.41) is 20.4. The molecule has 0 spiro atoms. The number of carbonyl (C=O) groups excluding carboxylic acids is 1. The number of nitrogens with zero attached hydrogens (tertiary/aromatic N) is 5. The molecule has 8 nitrogen and oxygen atoms in total. The van der Waals surface area contributed by atoms with Gasteiger partial charge in [0.25, 0.3) is 17.0 Å². The molecule has 0 aromatic carbocycles. The third kappa shape index (κ3) is 4.92. The molecule has 4 heterocycles. The van der Waals surface area contributed by atoms with Crippen LogP contribution in [0.5, 0.6) is 0 Å². The van der Waals surface area contributed by atoms with Crippen molar-refractivity contribution >= 4 is 40.3 Å². The van der Waals surface area contributed by atoms with Crippen LogP contribution < -0.4 is 0 Å². The number of thioether (sulfide) groups is 1. The fraction of sp³-hybridized carbons (Fsp3) is 0.278. The summed E-state index contributed by atoms with van der Waals surface area (Å²) in [7, 11) is 0. The molecule has 0 unspecified atom stereocenters. The summed E-state index contributed by atoms with van der Waals surface area (Å²) >= 11 is 4.28. The number of hydrogen-bond donors (Lipinski definition) is 0. The monoisotopic (exact) mass is 447 g/mol. The van der Waals surface area contributed by atoms with E-state index >= 15 is 0 Å². The Hall–Kier alpha value is -2.50. The third-order valence-electron chi connectivity index (χ3n) is 3.83. The molecule has 0 radical (unpaired) electrons. The van der Waals surface area contributed by atoms with Crippen LogP contribution in [0.25, 0.3) is 21.5 Å². The fourth-order valence-corrected chi connectivity index (χ4v) is 4.48. The molecule has 11 heteroatoms. The Morgan fingerprint density at radius 3 is 2.38 bits per heavy atom. The normalized spacial score (nSPS) is 11.1. The zero-order chi connectivity index (χ0) is 20.1. The first-order chi connectivity index (χ1) is 14.2. The average molecular weight is 448 g/mol. The maximum absolute atomic E-state index is 12.7. The van der Waals surface area contributed by atoms with E-state index in [1.807, 2.05) is 41.9 Å². The van der Waals surface area contributed by atoms with Crippen LogP contribution >= 0.6 is 34.4 Å². The van der Waals surface area contributed by atoms with Gasteiger partial charge in [-0.2, -0.15) is 0 Å². The Labute approximate surface area is 179 Å². The van der Waals surface area contributed by atoms with Crippen molar-refractivity contribution in [3.63, 3.8) is 0 Å². The number of rotatable bonds is 9. The highest BCUT2D eigenvalue weighted by Crippen LogP contribution is 2.27. The lowest BCUT2D eigenvalue weighted by molar-refractivity contribution is -0.129. The van der Waals surface area contributed by atoms with Crippen LogP contribution in [0.15, 0.2) is 49.1 Å². The van der Waals surface area contributed by atoms with Gasteiger partial charge in [-0.1, -0.05) is 30.8 Å². The summed E-state index contributed by atoms with van der Waals surface area (Å²) in [4.78, 5) is 16.2. The molecule has 0 bridgehead atoms. The van der Waals surface area contributed by atoms with Gasteiger partial charge in [0.05, 0.1) is 22.1 Å². The summed E-state index contributed by atoms with van der Waals surface area (Å²) in [5.41, 5.74) is 0. The van der Waals surface area contributed by atoms with Gasteiger partial charge in [0.15, 0.2) is 0 Å². The van der Waals surface area contributed by atoms with Crippen molar-refractivity contribution < 1.29 is 13.6 Å². The second-order valence-corrected chi connectivity index (χ2v) is 8.75. The average Bonchev–Trinajstić information content (AvgIpc) is 3.52. The molecular formula is C18H17N5O3S3. The standard InChI is InChI=1S/C18H17N5O3S3/c1-2-7-23(10-14-19-20-16(25-14)12-5-3-8-27-12)15(24)11-29-18-22-21-17(26-18)13-6-4-9-28-13/h3-6,8-9H,2,7,10-11H2,1H3. The van der Waals surface area contributed by atoms with Gasteiger partial charge in [0.2, 0.25) is 11.8 Å². The first-order valence-corrected chi connectivity index (χ1v) is 11.6. The Morgan fingerprint density at radius 1 is 1.03 bits per heavy atom. The number of amides is 1. The molecule has 0 aliphatic heterocycles. The van der Waals surface area contributed by atoms with Gasteiger partial charge >= 0.3 is 0 Å². The maximum atomic E-state index is 12.7. The Bertz CT molecular complexity index is 1040. The quantitative estimate of drug-likeness (QED) is 0.347. The smallest absolute Gasteiger partial charge is 0.277 e. The first-order valence-electron chi connectivity index (χ1n) is 8.87. The van der Waals surface area contributed by atoms with E-state index in [9.17, 15) is 4.79 Å². The van der Waals surface area contributed by atoms with Crippen molar-refractivity contribution in [1.29, 1.82) is 0 Å². The molecule has 0 atom stereocenters. The van der Waals surface area contributed by atoms with Gasteiger partial charge in [0.1, 0.15) is 0 Å². The first kappa shape index (κ1) is 19.8. The largest absolute Gasteiger partial charge is 0.418 e. The third-order valence-corrected chi connectivity index (χ3v) is 6.35. The van der Waals surface area contributed by atoms with Crippen molar-refractivity contribution in [2.24, 2.45) is 0 Å². The predicted molar refractivity (Wildman–Crippen MR) is 112 cm³/mol. The van der Waals surface area contributed by atoms with Gasteiger partial charge in [-0.05, 0) is 29.3 Å². The van der Waals surface area contributed by atoms with Gasteiger partial charge < -0.3 is 13.7 Å². The van der Waals surface area contributed by atoms with Crippen LogP contribution in [-0.2, 0) is 11.3 Å². The summed E-state index contributed by atoms with van der Waals surface area (Å²) in [6, 6.07) is 7.68. The van der Waals surface area contributed by atoms with Gasteiger partial charge in [-0.25, -0.2) is 0 Å². The lowest BCUT2D eigenvalue weighted by Gasteiger charge is -2.19. The molecule has 0 aliphatic carbocycles. The van der Waals surface area contributed by atoms with Crippen LogP contribution in [0, 0.1) is 0 Å². The fourth-order valence-electron chi connectivity index (χ4n) is 2.53. The van der Waals surface area contributed by atoms with Crippen molar-refractivity contribution in [3.8, 4) is 21.5 Å². The van der Waals surface area contributed by atoms with Crippen molar-refractivity contribution in [2.75, 3.05) is 12.3 Å². The molecule has 150 valence electrons. The number of carbonyl (C=O) groups is 1. The Kier molecular flexibility index (Phi) is 6.37. The Morgan fingerprint density at radius 2 is 1.72 bits per heavy atom. The van der Waals surface area contributed by atoms with E-state index in [1.54, 1.807) is 4.90 Å². The highest BCUT2D eigenvalue weighted by Gasteiger charge is 2.19. The SMILES string of the molecule is CCCN(Cc1nnc(-c2cccs2)o1)C(=O)CSc1nnc(-c2cccs2)o1. The van der Waals surface area contributed by atoms with Crippen LogP contribution in [0.3, 0.4) is 0 Å². The van der Waals surface area contributed by atoms with Gasteiger partial charge in [0, 0.05) is 6.54 Å². The van der Waals surface area contributed by atoms with E-state index in [4.69, 9.17) is 8.83 Å². The number of thiophene rings is 2. The van der Waals surface area contributed by atoms with Gasteiger partial charge in [-0.15, -0.1) is 43.1 Å². The minimum Gasteiger partial charge on any atom is -0.418 e. The molecule has 0 aliphatic rings. The second kappa shape index (κ2) is 9.33. The minimum atomic E-state index is -0.0522. The molecule has 0 saturated heterocycles. The summed E-state index contributed by atoms with van der Waals surface area (Å²) < 4.78 is 11.3. The summed E-state index contributed by atoms with van der Waals surface area (Å²) in [6.45, 7) is 2.89. The molecule has 1 amide bonds. The van der Waals surface area contributed by atoms with E-state index in [0.717, 1.165) is 16.2 Å². The molecule has 4 aromatic rings. The van der Waals surface area contributed by atoms with E-state index < -0.39 is 0 Å². The topological polar surface area (TPSA) is 98.2 Å². The summed E-state index contributed by atoms with van der Waals surface area (Å²) in [5.74, 6) is 1.49. The molecule has 29 heavy (non-hydrogen) atoms. The zero-order valence-electron chi connectivity index (χ0n) is 15.5. The van der Waals surface area contributed by atoms with E-state index in [1.165, 1.54) is 34.4 Å². The van der Waals surface area contributed by atoms with Crippen LogP contribution in [0.4, 0.5) is 0 Å². The van der Waals surface area contributed by atoms with Crippen molar-refractivity contribution in [1.82, 2.24) is 25.3 Å². The maximum Gasteiger partial charge on any atom is 0.277 e. The van der Waals surface area contributed by atoms with Crippen LogP contribution in [0.2, 0.25) is 0 Å². The zero-order valence-corrected chi connectivity index (χ0v) is 17.9. The molecule has 0 N–H and O–H groups in total. The van der Waals surface area contributed by atoms with Gasteiger partial charge in [-0.3, -0.25) is 4.79 Å². The van der Waals surface area contributed by atoms with E-state index in [2.05, 4.69) is 20.4 Å². The van der Waals surface area contributed by atoms with Crippen LogP contribution in [0.1, 0.15) is 19.2 Å². The lowest BCUT2D eigenvalue weighted by Crippen LogP contribution is -2.32. The minimum absolute atomic E-state index is 0.0522. The highest BCUT2D eigenvalue weighted by atomic mass is 32.2. The van der Waals surface area contributed by atoms with Crippen molar-refractivity contribution in [2.45, 2.75) is 25.1 Å². The molecular weight excluding hydrogens is 430 g/mol. The molecule has 0 fully saturated rings. The predicted octanol–water partition coefficient (Wildman–Crippen LogP) is 4.44. The van der Waals surface area contributed by atoms with E-state index in [-0.39, 0.29) is 18.2 Å². The lowest BCUT2D eigenvalue weighted by atomic mass is 10.4. The number of hydrogen-bond acceptors (Lipinski definition) is 10. The highest BCUT2D eigenvalue weighted by molar-refractivity contribution is 7.99.